The highest BCUT2D eigenvalue weighted by Crippen LogP contribution is 2.32. The molecule has 1 unspecified atom stereocenters. The van der Waals surface area contributed by atoms with Gasteiger partial charge in [-0.1, -0.05) is 24.1 Å². The number of halogens is 1. The number of hydrogen-bond donors (Lipinski definition) is 1. The summed E-state index contributed by atoms with van der Waals surface area (Å²) in [5.41, 5.74) is 2.00. The average Bonchev–Trinajstić information content (AvgIpc) is 2.97. The van der Waals surface area contributed by atoms with E-state index in [1.807, 2.05) is 12.1 Å². The Bertz CT molecular complexity index is 486. The molecule has 0 amide bonds. The van der Waals surface area contributed by atoms with E-state index in [1.54, 1.807) is 6.92 Å². The van der Waals surface area contributed by atoms with Gasteiger partial charge in [-0.2, -0.15) is 0 Å². The molecule has 1 aromatic rings. The lowest BCUT2D eigenvalue weighted by Crippen LogP contribution is -2.40. The Hall–Kier alpha value is -0.770. The molecule has 2 aliphatic heterocycles. The van der Waals surface area contributed by atoms with E-state index in [0.717, 1.165) is 29.4 Å². The third-order valence-corrected chi connectivity index (χ3v) is 5.17. The van der Waals surface area contributed by atoms with Gasteiger partial charge in [-0.15, -0.1) is 0 Å². The molecule has 2 fully saturated rings. The Labute approximate surface area is 132 Å². The summed E-state index contributed by atoms with van der Waals surface area (Å²) < 4.78 is 0. The van der Waals surface area contributed by atoms with E-state index in [1.165, 1.54) is 38.8 Å². The van der Waals surface area contributed by atoms with Crippen LogP contribution in [0.25, 0.3) is 0 Å². The second-order valence-electron chi connectivity index (χ2n) is 6.37. The number of hydrogen-bond acceptors (Lipinski definition) is 3. The fourth-order valence-corrected chi connectivity index (χ4v) is 3.89. The number of likely N-dealkylation sites (tertiary alicyclic amines) is 1. The predicted molar refractivity (Wildman–Crippen MR) is 88.1 cm³/mol. The summed E-state index contributed by atoms with van der Waals surface area (Å²) >= 11 is 6.42. The van der Waals surface area contributed by atoms with Crippen molar-refractivity contribution in [1.82, 2.24) is 4.90 Å². The van der Waals surface area contributed by atoms with Gasteiger partial charge in [0.15, 0.2) is 0 Å². The van der Waals surface area contributed by atoms with Gasteiger partial charge in [0.1, 0.15) is 0 Å². The maximum Gasteiger partial charge on any atom is 0.0762 e. The van der Waals surface area contributed by atoms with Crippen LogP contribution < -0.4 is 4.90 Å². The molecule has 0 saturated carbocycles. The summed E-state index contributed by atoms with van der Waals surface area (Å²) in [6, 6.07) is 6.62. The number of aliphatic hydroxyl groups excluding tert-OH is 1. The van der Waals surface area contributed by atoms with Crippen molar-refractivity contribution < 1.29 is 5.11 Å². The molecule has 0 spiro atoms. The predicted octanol–water partition coefficient (Wildman–Crippen LogP) is 3.46. The van der Waals surface area contributed by atoms with Gasteiger partial charge in [-0.05, 0) is 57.0 Å². The Morgan fingerprint density at radius 1 is 1.19 bits per heavy atom. The van der Waals surface area contributed by atoms with E-state index >= 15 is 0 Å². The SMILES string of the molecule is C[C@H](O)c1ccc(N2CCC(N3CCCCC3)C2)c(Cl)c1. The first-order valence-electron chi connectivity index (χ1n) is 8.11. The molecule has 3 nitrogen and oxygen atoms in total. The van der Waals surface area contributed by atoms with E-state index in [4.69, 9.17) is 11.6 Å². The summed E-state index contributed by atoms with van der Waals surface area (Å²) in [5.74, 6) is 0. The van der Waals surface area contributed by atoms with Crippen molar-refractivity contribution in [2.24, 2.45) is 0 Å². The smallest absolute Gasteiger partial charge is 0.0762 e. The van der Waals surface area contributed by atoms with E-state index < -0.39 is 6.10 Å². The topological polar surface area (TPSA) is 26.7 Å². The molecular formula is C17H25ClN2O. The molecule has 116 valence electrons. The number of aliphatic hydroxyl groups is 1. The van der Waals surface area contributed by atoms with Gasteiger partial charge >= 0.3 is 0 Å². The van der Waals surface area contributed by atoms with E-state index in [9.17, 15) is 5.11 Å². The van der Waals surface area contributed by atoms with Crippen LogP contribution in [0.2, 0.25) is 5.02 Å². The molecule has 3 rings (SSSR count). The second kappa shape index (κ2) is 6.55. The van der Waals surface area contributed by atoms with Crippen molar-refractivity contribution in [2.75, 3.05) is 31.1 Å². The number of rotatable bonds is 3. The summed E-state index contributed by atoms with van der Waals surface area (Å²) in [4.78, 5) is 5.05. The molecule has 0 bridgehead atoms. The van der Waals surface area contributed by atoms with Crippen molar-refractivity contribution in [1.29, 1.82) is 0 Å². The van der Waals surface area contributed by atoms with Crippen molar-refractivity contribution in [3.63, 3.8) is 0 Å². The first kappa shape index (κ1) is 15.1. The van der Waals surface area contributed by atoms with Gasteiger partial charge in [0.05, 0.1) is 16.8 Å². The first-order chi connectivity index (χ1) is 10.1. The third-order valence-electron chi connectivity index (χ3n) is 4.87. The van der Waals surface area contributed by atoms with Gasteiger partial charge in [-0.3, -0.25) is 4.90 Å². The first-order valence-corrected chi connectivity index (χ1v) is 8.49. The van der Waals surface area contributed by atoms with E-state index in [-0.39, 0.29) is 0 Å². The quantitative estimate of drug-likeness (QED) is 0.926. The Balaban J connectivity index is 1.68. The molecule has 0 aliphatic carbocycles. The molecule has 21 heavy (non-hydrogen) atoms. The highest BCUT2D eigenvalue weighted by Gasteiger charge is 2.29. The van der Waals surface area contributed by atoms with Crippen LogP contribution in [0, 0.1) is 0 Å². The molecular weight excluding hydrogens is 284 g/mol. The van der Waals surface area contributed by atoms with Crippen LogP contribution >= 0.6 is 11.6 Å². The number of anilines is 1. The summed E-state index contributed by atoms with van der Waals surface area (Å²) in [6.07, 6.45) is 4.85. The average molecular weight is 309 g/mol. The van der Waals surface area contributed by atoms with Gasteiger partial charge in [-0.25, -0.2) is 0 Å². The Morgan fingerprint density at radius 3 is 2.62 bits per heavy atom. The zero-order chi connectivity index (χ0) is 14.8. The van der Waals surface area contributed by atoms with Crippen molar-refractivity contribution in [2.45, 2.75) is 44.8 Å². The number of piperidine rings is 1. The lowest BCUT2D eigenvalue weighted by Gasteiger charge is -2.32. The summed E-state index contributed by atoms with van der Waals surface area (Å²) in [5, 5.41) is 10.4. The largest absolute Gasteiger partial charge is 0.389 e. The van der Waals surface area contributed by atoms with Crippen molar-refractivity contribution >= 4 is 17.3 Å². The molecule has 2 heterocycles. The van der Waals surface area contributed by atoms with Crippen LogP contribution in [0.4, 0.5) is 5.69 Å². The monoisotopic (exact) mass is 308 g/mol. The fraction of sp³-hybridized carbons (Fsp3) is 0.647. The van der Waals surface area contributed by atoms with Crippen molar-refractivity contribution in [3.05, 3.63) is 28.8 Å². The molecule has 4 heteroatoms. The van der Waals surface area contributed by atoms with Crippen LogP contribution in [0.5, 0.6) is 0 Å². The van der Waals surface area contributed by atoms with Gasteiger partial charge in [0, 0.05) is 19.1 Å². The molecule has 2 atom stereocenters. The van der Waals surface area contributed by atoms with Crippen LogP contribution in [0.1, 0.15) is 44.3 Å². The van der Waals surface area contributed by atoms with E-state index in [2.05, 4.69) is 15.9 Å². The Kier molecular flexibility index (Phi) is 4.72. The van der Waals surface area contributed by atoms with Crippen LogP contribution in [-0.2, 0) is 0 Å². The number of benzene rings is 1. The zero-order valence-electron chi connectivity index (χ0n) is 12.8. The van der Waals surface area contributed by atoms with Crippen LogP contribution in [0.3, 0.4) is 0 Å². The third kappa shape index (κ3) is 3.36. The molecule has 1 N–H and O–H groups in total. The highest BCUT2D eigenvalue weighted by molar-refractivity contribution is 6.33. The minimum Gasteiger partial charge on any atom is -0.389 e. The molecule has 2 saturated heterocycles. The molecule has 0 radical (unpaired) electrons. The lowest BCUT2D eigenvalue weighted by atomic mass is 10.1. The molecule has 2 aliphatic rings. The minimum atomic E-state index is -0.462. The van der Waals surface area contributed by atoms with Crippen LogP contribution in [0.15, 0.2) is 18.2 Å². The zero-order valence-corrected chi connectivity index (χ0v) is 13.5. The summed E-state index contributed by atoms with van der Waals surface area (Å²) in [7, 11) is 0. The van der Waals surface area contributed by atoms with Crippen molar-refractivity contribution in [3.8, 4) is 0 Å². The maximum absolute atomic E-state index is 9.64. The second-order valence-corrected chi connectivity index (χ2v) is 6.78. The minimum absolute atomic E-state index is 0.462. The molecule has 0 aromatic heterocycles. The summed E-state index contributed by atoms with van der Waals surface area (Å²) in [6.45, 7) is 6.44. The fourth-order valence-electron chi connectivity index (χ4n) is 3.58. The maximum atomic E-state index is 9.64. The van der Waals surface area contributed by atoms with Gasteiger partial charge in [0.25, 0.3) is 0 Å². The lowest BCUT2D eigenvalue weighted by molar-refractivity contribution is 0.175. The van der Waals surface area contributed by atoms with Gasteiger partial charge in [0.2, 0.25) is 0 Å². The Morgan fingerprint density at radius 2 is 1.95 bits per heavy atom. The standard InChI is InChI=1S/C17H25ClN2O/c1-13(21)14-5-6-17(16(18)11-14)20-10-7-15(12-20)19-8-3-2-4-9-19/h5-6,11,13,15,21H,2-4,7-10,12H2,1H3/t13-,15?/m0/s1. The number of nitrogens with zero attached hydrogens (tertiary/aromatic N) is 2. The highest BCUT2D eigenvalue weighted by atomic mass is 35.5. The molecule has 1 aromatic carbocycles. The van der Waals surface area contributed by atoms with Crippen LogP contribution in [-0.4, -0.2) is 42.2 Å². The van der Waals surface area contributed by atoms with E-state index in [0.29, 0.717) is 6.04 Å². The normalized spacial score (nSPS) is 25.3. The van der Waals surface area contributed by atoms with Gasteiger partial charge < -0.3 is 10.0 Å².